The molecule has 9 nitrogen and oxygen atoms in total. The maximum atomic E-state index is 10.7. The molecule has 28 heavy (non-hydrogen) atoms. The Morgan fingerprint density at radius 2 is 2.11 bits per heavy atom. The SMILES string of the molecule is CCNC(=NCc1nnc2n1CCCCC2)NCC(C)(O)c1cnn(C)c1.I. The predicted octanol–water partition coefficient (Wildman–Crippen LogP) is 1.32. The Morgan fingerprint density at radius 1 is 1.29 bits per heavy atom. The molecule has 3 heterocycles. The number of aryl methyl sites for hydroxylation is 2. The van der Waals surface area contributed by atoms with E-state index in [4.69, 9.17) is 0 Å². The van der Waals surface area contributed by atoms with Gasteiger partial charge in [0.25, 0.3) is 0 Å². The van der Waals surface area contributed by atoms with Gasteiger partial charge in [-0.2, -0.15) is 5.10 Å². The van der Waals surface area contributed by atoms with Gasteiger partial charge in [-0.25, -0.2) is 4.99 Å². The van der Waals surface area contributed by atoms with E-state index in [0.717, 1.165) is 43.1 Å². The number of hydrogen-bond acceptors (Lipinski definition) is 5. The van der Waals surface area contributed by atoms with Crippen LogP contribution in [0.3, 0.4) is 0 Å². The van der Waals surface area contributed by atoms with Gasteiger partial charge in [-0.1, -0.05) is 6.42 Å². The molecular weight excluding hydrogens is 471 g/mol. The maximum absolute atomic E-state index is 10.7. The fourth-order valence-electron chi connectivity index (χ4n) is 3.21. The molecule has 0 amide bonds. The van der Waals surface area contributed by atoms with E-state index in [0.29, 0.717) is 19.0 Å². The largest absolute Gasteiger partial charge is 0.383 e. The first-order valence-corrected chi connectivity index (χ1v) is 9.64. The van der Waals surface area contributed by atoms with Crippen LogP contribution in [0.1, 0.15) is 50.3 Å². The fraction of sp³-hybridized carbons (Fsp3) is 0.667. The monoisotopic (exact) mass is 502 g/mol. The Balaban J connectivity index is 0.00000280. The molecule has 0 saturated heterocycles. The van der Waals surface area contributed by atoms with E-state index < -0.39 is 5.60 Å². The van der Waals surface area contributed by atoms with Crippen molar-refractivity contribution in [3.8, 4) is 0 Å². The molecule has 0 fully saturated rings. The summed E-state index contributed by atoms with van der Waals surface area (Å²) >= 11 is 0. The highest BCUT2D eigenvalue weighted by Crippen LogP contribution is 2.18. The van der Waals surface area contributed by atoms with Crippen molar-refractivity contribution in [2.45, 2.75) is 58.2 Å². The van der Waals surface area contributed by atoms with Gasteiger partial charge in [0, 0.05) is 38.3 Å². The van der Waals surface area contributed by atoms with Gasteiger partial charge in [0.15, 0.2) is 11.8 Å². The summed E-state index contributed by atoms with van der Waals surface area (Å²) < 4.78 is 3.88. The van der Waals surface area contributed by atoms with Crippen LogP contribution >= 0.6 is 24.0 Å². The highest BCUT2D eigenvalue weighted by Gasteiger charge is 2.25. The molecule has 0 bridgehead atoms. The fourth-order valence-corrected chi connectivity index (χ4v) is 3.21. The van der Waals surface area contributed by atoms with Gasteiger partial charge in [0.05, 0.1) is 12.7 Å². The standard InChI is InChI=1S/C18H30N8O.HI/c1-4-19-17(21-13-18(2,27)14-10-22-25(3)12-14)20-11-16-24-23-15-8-6-5-7-9-26(15)16;/h10,12,27H,4-9,11,13H2,1-3H3,(H2,19,20,21);1H. The van der Waals surface area contributed by atoms with Gasteiger partial charge in [-0.15, -0.1) is 34.2 Å². The molecule has 0 aliphatic carbocycles. The lowest BCUT2D eigenvalue weighted by molar-refractivity contribution is 0.0616. The molecule has 0 spiro atoms. The van der Waals surface area contributed by atoms with Crippen LogP contribution in [0.15, 0.2) is 17.4 Å². The van der Waals surface area contributed by atoms with Crippen LogP contribution in [0.5, 0.6) is 0 Å². The number of halogens is 1. The summed E-state index contributed by atoms with van der Waals surface area (Å²) in [4.78, 5) is 4.64. The van der Waals surface area contributed by atoms with Crippen molar-refractivity contribution in [1.82, 2.24) is 35.2 Å². The van der Waals surface area contributed by atoms with E-state index in [9.17, 15) is 5.11 Å². The van der Waals surface area contributed by atoms with Gasteiger partial charge in [0.2, 0.25) is 0 Å². The van der Waals surface area contributed by atoms with E-state index in [1.807, 2.05) is 20.2 Å². The van der Waals surface area contributed by atoms with E-state index >= 15 is 0 Å². The number of nitrogens with one attached hydrogen (secondary N) is 2. The Labute approximate surface area is 183 Å². The highest BCUT2D eigenvalue weighted by molar-refractivity contribution is 14.0. The number of aromatic nitrogens is 5. The lowest BCUT2D eigenvalue weighted by atomic mass is 10.00. The summed E-state index contributed by atoms with van der Waals surface area (Å²) in [6.07, 6.45) is 8.06. The Morgan fingerprint density at radius 3 is 2.82 bits per heavy atom. The molecule has 1 aliphatic rings. The molecule has 2 aromatic heterocycles. The number of aliphatic imine (C=N–C) groups is 1. The van der Waals surface area contributed by atoms with Crippen molar-refractivity contribution in [2.24, 2.45) is 12.0 Å². The van der Waals surface area contributed by atoms with E-state index in [1.165, 1.54) is 12.8 Å². The van der Waals surface area contributed by atoms with E-state index in [2.05, 4.69) is 35.5 Å². The summed E-state index contributed by atoms with van der Waals surface area (Å²) in [7, 11) is 1.83. The van der Waals surface area contributed by atoms with Crippen LogP contribution in [-0.2, 0) is 32.2 Å². The number of rotatable bonds is 6. The third-order valence-corrected chi connectivity index (χ3v) is 4.84. The lowest BCUT2D eigenvalue weighted by Gasteiger charge is -2.23. The lowest BCUT2D eigenvalue weighted by Crippen LogP contribution is -2.44. The minimum Gasteiger partial charge on any atom is -0.383 e. The van der Waals surface area contributed by atoms with Crippen molar-refractivity contribution in [3.05, 3.63) is 29.6 Å². The van der Waals surface area contributed by atoms with Crippen molar-refractivity contribution in [3.63, 3.8) is 0 Å². The molecule has 1 unspecified atom stereocenters. The summed E-state index contributed by atoms with van der Waals surface area (Å²) in [5.41, 5.74) is -0.285. The van der Waals surface area contributed by atoms with E-state index in [-0.39, 0.29) is 24.0 Å². The number of nitrogens with zero attached hydrogens (tertiary/aromatic N) is 6. The average molecular weight is 502 g/mol. The minimum absolute atomic E-state index is 0. The number of aliphatic hydroxyl groups is 1. The third kappa shape index (κ3) is 5.66. The second-order valence-electron chi connectivity index (χ2n) is 7.22. The summed E-state index contributed by atoms with van der Waals surface area (Å²) in [6.45, 7) is 6.25. The molecule has 0 aromatic carbocycles. The first-order valence-electron chi connectivity index (χ1n) is 9.64. The van der Waals surface area contributed by atoms with Crippen LogP contribution in [0.25, 0.3) is 0 Å². The molecule has 3 N–H and O–H groups in total. The second-order valence-corrected chi connectivity index (χ2v) is 7.22. The van der Waals surface area contributed by atoms with E-state index in [1.54, 1.807) is 17.8 Å². The smallest absolute Gasteiger partial charge is 0.191 e. The summed E-state index contributed by atoms with van der Waals surface area (Å²) in [6, 6.07) is 0. The molecule has 1 aliphatic heterocycles. The maximum Gasteiger partial charge on any atom is 0.191 e. The minimum atomic E-state index is -1.05. The van der Waals surface area contributed by atoms with Crippen molar-refractivity contribution < 1.29 is 5.11 Å². The Hall–Kier alpha value is -1.69. The van der Waals surface area contributed by atoms with Gasteiger partial charge in [-0.3, -0.25) is 4.68 Å². The van der Waals surface area contributed by atoms with Gasteiger partial charge in [-0.05, 0) is 26.7 Å². The Bertz CT molecular complexity index is 782. The van der Waals surface area contributed by atoms with Gasteiger partial charge >= 0.3 is 0 Å². The number of hydrogen-bond donors (Lipinski definition) is 3. The number of fused-ring (bicyclic) bond motifs is 1. The van der Waals surface area contributed by atoms with Crippen LogP contribution in [0, 0.1) is 0 Å². The first-order chi connectivity index (χ1) is 13.0. The summed E-state index contributed by atoms with van der Waals surface area (Å²) in [5.74, 6) is 2.60. The molecule has 0 saturated carbocycles. The normalized spacial score (nSPS) is 16.5. The Kier molecular flexibility index (Phi) is 8.23. The second kappa shape index (κ2) is 10.2. The third-order valence-electron chi connectivity index (χ3n) is 4.84. The average Bonchev–Trinajstić information content (AvgIpc) is 3.17. The molecule has 3 rings (SSSR count). The van der Waals surface area contributed by atoms with Gasteiger partial charge < -0.3 is 20.3 Å². The number of guanidine groups is 1. The summed E-state index contributed by atoms with van der Waals surface area (Å²) in [5, 5.41) is 29.9. The molecule has 2 aromatic rings. The molecular formula is C18H31IN8O. The van der Waals surface area contributed by atoms with Crippen molar-refractivity contribution >= 4 is 29.9 Å². The topological polar surface area (TPSA) is 105 Å². The van der Waals surface area contributed by atoms with Gasteiger partial charge in [0.1, 0.15) is 18.0 Å². The van der Waals surface area contributed by atoms with Crippen LogP contribution in [0.2, 0.25) is 0 Å². The zero-order valence-electron chi connectivity index (χ0n) is 16.9. The van der Waals surface area contributed by atoms with Crippen molar-refractivity contribution in [1.29, 1.82) is 0 Å². The predicted molar refractivity (Wildman–Crippen MR) is 119 cm³/mol. The molecule has 1 atom stereocenters. The molecule has 156 valence electrons. The highest BCUT2D eigenvalue weighted by atomic mass is 127. The first kappa shape index (κ1) is 22.6. The van der Waals surface area contributed by atoms with Crippen molar-refractivity contribution in [2.75, 3.05) is 13.1 Å². The van der Waals surface area contributed by atoms with Crippen LogP contribution < -0.4 is 10.6 Å². The zero-order valence-corrected chi connectivity index (χ0v) is 19.2. The molecule has 0 radical (unpaired) electrons. The molecule has 10 heteroatoms. The quantitative estimate of drug-likeness (QED) is 0.313. The zero-order chi connectivity index (χ0) is 19.3. The van der Waals surface area contributed by atoms with Crippen LogP contribution in [0.4, 0.5) is 0 Å². The van der Waals surface area contributed by atoms with Crippen LogP contribution in [-0.4, -0.2) is 48.7 Å².